The van der Waals surface area contributed by atoms with Gasteiger partial charge in [0.05, 0.1) is 17.4 Å². The Kier molecular flexibility index (Phi) is 6.22. The summed E-state index contributed by atoms with van der Waals surface area (Å²) in [7, 11) is -4.64. The van der Waals surface area contributed by atoms with Crippen molar-refractivity contribution < 1.29 is 19.2 Å². The molecule has 0 saturated heterocycles. The van der Waals surface area contributed by atoms with Crippen LogP contribution in [-0.2, 0) is 10.1 Å². The molecule has 156 valence electrons. The Bertz CT molecular complexity index is 1010. The van der Waals surface area contributed by atoms with Gasteiger partial charge in [0.15, 0.2) is 0 Å². The second-order valence-corrected chi connectivity index (χ2v) is 8.47. The first-order valence-electron chi connectivity index (χ1n) is 9.66. The highest BCUT2D eigenvalue weighted by atomic mass is 31.2. The summed E-state index contributed by atoms with van der Waals surface area (Å²) in [6.07, 6.45) is 8.25. The van der Waals surface area contributed by atoms with E-state index < -0.39 is 7.82 Å². The third-order valence-electron chi connectivity index (χ3n) is 5.53. The summed E-state index contributed by atoms with van der Waals surface area (Å²) < 4.78 is 8.88. The molecule has 0 aliphatic heterocycles. The lowest BCUT2D eigenvalue weighted by molar-refractivity contribution is 0.275. The maximum absolute atomic E-state index is 8.88. The van der Waals surface area contributed by atoms with Crippen molar-refractivity contribution in [3.63, 3.8) is 0 Å². The van der Waals surface area contributed by atoms with Crippen LogP contribution in [-0.4, -0.2) is 29.9 Å². The van der Waals surface area contributed by atoms with Crippen molar-refractivity contribution in [3.05, 3.63) is 47.8 Å². The van der Waals surface area contributed by atoms with Crippen molar-refractivity contribution in [3.8, 4) is 11.3 Å². The Labute approximate surface area is 169 Å². The number of nitrogens with two attached hydrogens (primary N) is 1. The van der Waals surface area contributed by atoms with E-state index >= 15 is 0 Å². The molecule has 9 heteroatoms. The number of benzene rings is 1. The molecule has 4 rings (SSSR count). The second-order valence-electron chi connectivity index (χ2n) is 7.44. The topological polar surface area (TPSA) is 145 Å². The smallest absolute Gasteiger partial charge is 0.321 e. The Hall–Kier alpha value is -2.09. The van der Waals surface area contributed by atoms with E-state index in [1.54, 1.807) is 0 Å². The van der Waals surface area contributed by atoms with Crippen LogP contribution in [0, 0.1) is 0 Å². The molecule has 8 nitrogen and oxygen atoms in total. The van der Waals surface area contributed by atoms with Gasteiger partial charge in [0.1, 0.15) is 0 Å². The van der Waals surface area contributed by atoms with Crippen LogP contribution in [0.2, 0.25) is 0 Å². The highest BCUT2D eigenvalue weighted by molar-refractivity contribution is 7.45. The first-order chi connectivity index (χ1) is 13.7. The Balaban J connectivity index is 0.000000431. The van der Waals surface area contributed by atoms with E-state index in [0.717, 1.165) is 29.6 Å². The van der Waals surface area contributed by atoms with Crippen LogP contribution in [0.25, 0.3) is 22.2 Å². The minimum atomic E-state index is -4.64. The number of fused-ring (bicyclic) bond motifs is 1. The van der Waals surface area contributed by atoms with Crippen LogP contribution in [0.4, 0.5) is 0 Å². The molecular weight excluding hydrogens is 391 g/mol. The third kappa shape index (κ3) is 5.10. The van der Waals surface area contributed by atoms with E-state index in [1.165, 1.54) is 29.4 Å². The van der Waals surface area contributed by atoms with Crippen molar-refractivity contribution in [2.24, 2.45) is 5.73 Å². The van der Waals surface area contributed by atoms with E-state index in [-0.39, 0.29) is 5.54 Å². The van der Waals surface area contributed by atoms with Crippen LogP contribution in [0.1, 0.15) is 56.6 Å². The van der Waals surface area contributed by atoms with Crippen LogP contribution >= 0.6 is 7.82 Å². The van der Waals surface area contributed by atoms with Gasteiger partial charge in [-0.05, 0) is 54.9 Å². The van der Waals surface area contributed by atoms with Crippen molar-refractivity contribution in [1.82, 2.24) is 15.2 Å². The molecule has 1 aliphatic rings. The van der Waals surface area contributed by atoms with Gasteiger partial charge >= 0.3 is 7.82 Å². The van der Waals surface area contributed by atoms with Crippen LogP contribution in [0.3, 0.4) is 0 Å². The molecule has 0 spiro atoms. The van der Waals surface area contributed by atoms with Gasteiger partial charge in [0.2, 0.25) is 0 Å². The first kappa shape index (κ1) is 21.6. The highest BCUT2D eigenvalue weighted by Gasteiger charge is 2.29. The molecule has 1 aliphatic carbocycles. The van der Waals surface area contributed by atoms with Gasteiger partial charge in [-0.15, -0.1) is 0 Å². The van der Waals surface area contributed by atoms with Crippen molar-refractivity contribution in [2.45, 2.75) is 51.0 Å². The summed E-state index contributed by atoms with van der Waals surface area (Å²) in [5.41, 5.74) is 12.1. The number of aromatic amines is 1. The number of nitrogens with one attached hydrogen (secondary N) is 1. The number of hydrogen-bond donors (Lipinski definition) is 5. The molecule has 0 bridgehead atoms. The number of aromatic nitrogens is 3. The summed E-state index contributed by atoms with van der Waals surface area (Å²) in [5, 5.41) is 8.52. The van der Waals surface area contributed by atoms with Gasteiger partial charge in [-0.1, -0.05) is 26.0 Å². The molecule has 0 amide bonds. The number of nitrogens with zero attached hydrogens (tertiary/aromatic N) is 2. The summed E-state index contributed by atoms with van der Waals surface area (Å²) in [5.74, 6) is 0.641. The normalized spacial score (nSPS) is 14.6. The highest BCUT2D eigenvalue weighted by Crippen LogP contribution is 2.47. The zero-order chi connectivity index (χ0) is 21.2. The predicted octanol–water partition coefficient (Wildman–Crippen LogP) is 3.55. The average molecular weight is 418 g/mol. The van der Waals surface area contributed by atoms with Gasteiger partial charge in [0.25, 0.3) is 0 Å². The van der Waals surface area contributed by atoms with Crippen molar-refractivity contribution in [2.75, 3.05) is 0 Å². The fourth-order valence-electron chi connectivity index (χ4n) is 3.58. The standard InChI is InChI=1S/C20H24N4.H3O4P/c1-3-20(21,4-2)14-7-9-17(22-11-14)15-8-10-18-16(12-23-24-18)19(15)13-5-6-13;1-5(2,3)4/h7-13H,3-6,21H2,1-2H3,(H,23,24);(H3,1,2,3,4). The molecule has 29 heavy (non-hydrogen) atoms. The zero-order valence-corrected chi connectivity index (χ0v) is 17.4. The quantitative estimate of drug-likeness (QED) is 0.398. The minimum Gasteiger partial charge on any atom is -0.321 e. The Morgan fingerprint density at radius 2 is 1.79 bits per heavy atom. The summed E-state index contributed by atoms with van der Waals surface area (Å²) >= 11 is 0. The van der Waals surface area contributed by atoms with Gasteiger partial charge < -0.3 is 20.4 Å². The van der Waals surface area contributed by atoms with Crippen LogP contribution < -0.4 is 5.73 Å². The number of pyridine rings is 1. The Morgan fingerprint density at radius 1 is 1.14 bits per heavy atom. The number of phosphoric acid groups is 1. The third-order valence-corrected chi connectivity index (χ3v) is 5.53. The minimum absolute atomic E-state index is 0.278. The lowest BCUT2D eigenvalue weighted by Crippen LogP contribution is -2.35. The number of rotatable bonds is 5. The molecular formula is C20H27N4O4P. The second kappa shape index (κ2) is 8.34. The fourth-order valence-corrected chi connectivity index (χ4v) is 3.58. The number of H-pyrrole nitrogens is 1. The number of hydrogen-bond acceptors (Lipinski definition) is 4. The fraction of sp³-hybridized carbons (Fsp3) is 0.400. The molecule has 1 aromatic carbocycles. The van der Waals surface area contributed by atoms with Gasteiger partial charge in [-0.2, -0.15) is 5.10 Å². The Morgan fingerprint density at radius 3 is 2.31 bits per heavy atom. The molecule has 1 fully saturated rings. The van der Waals surface area contributed by atoms with E-state index in [9.17, 15) is 0 Å². The SMILES string of the molecule is CCC(N)(CC)c1ccc(-c2ccc3[nH]ncc3c2C2CC2)nc1.O=P(O)(O)O. The van der Waals surface area contributed by atoms with Crippen molar-refractivity contribution >= 4 is 18.7 Å². The molecule has 2 heterocycles. The molecule has 1 saturated carbocycles. The summed E-state index contributed by atoms with van der Waals surface area (Å²) in [4.78, 5) is 26.3. The first-order valence-corrected chi connectivity index (χ1v) is 11.2. The van der Waals surface area contributed by atoms with Crippen molar-refractivity contribution in [1.29, 1.82) is 0 Å². The van der Waals surface area contributed by atoms with E-state index in [1.807, 2.05) is 12.4 Å². The van der Waals surface area contributed by atoms with E-state index in [0.29, 0.717) is 5.92 Å². The zero-order valence-electron chi connectivity index (χ0n) is 16.5. The maximum Gasteiger partial charge on any atom is 0.466 e. The summed E-state index contributed by atoms with van der Waals surface area (Å²) in [6, 6.07) is 8.54. The molecule has 2 aromatic heterocycles. The molecule has 0 atom stereocenters. The summed E-state index contributed by atoms with van der Waals surface area (Å²) in [6.45, 7) is 4.27. The molecule has 6 N–H and O–H groups in total. The molecule has 0 radical (unpaired) electrons. The van der Waals surface area contributed by atoms with Gasteiger partial charge in [-0.3, -0.25) is 10.1 Å². The molecule has 3 aromatic rings. The predicted molar refractivity (Wildman–Crippen MR) is 112 cm³/mol. The lowest BCUT2D eigenvalue weighted by atomic mass is 9.86. The van der Waals surface area contributed by atoms with E-state index in [2.05, 4.69) is 48.3 Å². The van der Waals surface area contributed by atoms with Crippen LogP contribution in [0.15, 0.2) is 36.7 Å². The average Bonchev–Trinajstić information content (AvgIpc) is 3.41. The lowest BCUT2D eigenvalue weighted by Gasteiger charge is -2.27. The van der Waals surface area contributed by atoms with E-state index in [4.69, 9.17) is 30.0 Å². The molecule has 0 unspecified atom stereocenters. The maximum atomic E-state index is 8.88. The largest absolute Gasteiger partial charge is 0.466 e. The van der Waals surface area contributed by atoms with Gasteiger partial charge in [-0.25, -0.2) is 4.57 Å². The van der Waals surface area contributed by atoms with Crippen LogP contribution in [0.5, 0.6) is 0 Å². The van der Waals surface area contributed by atoms with Gasteiger partial charge in [0, 0.05) is 22.7 Å². The monoisotopic (exact) mass is 418 g/mol.